The summed E-state index contributed by atoms with van der Waals surface area (Å²) in [5.74, 6) is 12.0. The number of halogens is 2. The van der Waals surface area contributed by atoms with E-state index in [9.17, 15) is 4.79 Å². The molecule has 0 heterocycles. The van der Waals surface area contributed by atoms with E-state index in [1.54, 1.807) is 6.27 Å². The Morgan fingerprint density at radius 2 is 1.56 bits per heavy atom. The molecule has 0 aromatic heterocycles. The predicted molar refractivity (Wildman–Crippen MR) is 136 cm³/mol. The molecule has 158 valence electrons. The number of hydrogen-bond donors (Lipinski definition) is 3. The molecule has 27 heavy (non-hydrogen) atoms. The van der Waals surface area contributed by atoms with Crippen molar-refractivity contribution in [2.24, 2.45) is 17.1 Å². The summed E-state index contributed by atoms with van der Waals surface area (Å²) >= 11 is 4.11. The SMILES string of the molecule is CCCCCCCC(C)(CCCC)C(=O)NC(C)(BN(N)I)B(C)N(N)I. The van der Waals surface area contributed by atoms with Crippen LogP contribution in [0.2, 0.25) is 6.82 Å². The zero-order valence-corrected chi connectivity index (χ0v) is 22.2. The van der Waals surface area contributed by atoms with Gasteiger partial charge in [0.05, 0.1) is 0 Å². The smallest absolute Gasteiger partial charge is 0.271 e. The fourth-order valence-corrected chi connectivity index (χ4v) is 4.63. The highest BCUT2D eigenvalue weighted by molar-refractivity contribution is 14.1. The highest BCUT2D eigenvalue weighted by atomic mass is 127. The van der Waals surface area contributed by atoms with E-state index < -0.39 is 5.34 Å². The summed E-state index contributed by atoms with van der Waals surface area (Å²) in [6.07, 6.45) is 10.1. The second kappa shape index (κ2) is 14.0. The van der Waals surface area contributed by atoms with Crippen LogP contribution in [-0.4, -0.2) is 31.8 Å². The number of hydrogen-bond acceptors (Lipinski definition) is 5. The first-order valence-electron chi connectivity index (χ1n) is 10.2. The lowest BCUT2D eigenvalue weighted by atomic mass is 9.37. The molecule has 0 aliphatic heterocycles. The van der Waals surface area contributed by atoms with Gasteiger partial charge in [0.25, 0.3) is 14.3 Å². The molecule has 2 unspecified atom stereocenters. The number of nitrogens with zero attached hydrogens (tertiary/aromatic N) is 2. The quantitative estimate of drug-likeness (QED) is 0.0659. The molecule has 0 saturated heterocycles. The fraction of sp³-hybridized carbons (Fsp3) is 0.941. The standard InChI is InChI=1S/C17H39B2I2N5O/c1-6-8-10-11-12-14-16(3,13-9-7-2)15(27)24-17(4,18-25(20)22)19(5)26(21)23/h18H,6-14,22-23H2,1-5H3,(H,24,27). The third-order valence-electron chi connectivity index (χ3n) is 5.63. The minimum Gasteiger partial charge on any atom is -0.361 e. The van der Waals surface area contributed by atoms with Crippen molar-refractivity contribution in [3.05, 3.63) is 0 Å². The molecule has 0 bridgehead atoms. The van der Waals surface area contributed by atoms with Crippen LogP contribution >= 0.6 is 45.7 Å². The van der Waals surface area contributed by atoms with Gasteiger partial charge in [0.1, 0.15) is 0 Å². The number of unbranched alkanes of at least 4 members (excludes halogenated alkanes) is 5. The largest absolute Gasteiger partial charge is 0.361 e. The van der Waals surface area contributed by atoms with E-state index in [1.165, 1.54) is 25.7 Å². The van der Waals surface area contributed by atoms with Crippen molar-refractivity contribution in [1.82, 2.24) is 11.6 Å². The van der Waals surface area contributed by atoms with E-state index in [4.69, 9.17) is 11.7 Å². The van der Waals surface area contributed by atoms with Crippen molar-refractivity contribution >= 4 is 65.9 Å². The Morgan fingerprint density at radius 1 is 1.04 bits per heavy atom. The summed E-state index contributed by atoms with van der Waals surface area (Å²) in [4.78, 5) is 13.4. The maximum Gasteiger partial charge on any atom is 0.271 e. The van der Waals surface area contributed by atoms with E-state index in [0.717, 1.165) is 32.1 Å². The first-order valence-corrected chi connectivity index (χ1v) is 12.2. The predicted octanol–water partition coefficient (Wildman–Crippen LogP) is 3.94. The van der Waals surface area contributed by atoms with Gasteiger partial charge in [0, 0.05) is 56.5 Å². The lowest BCUT2D eigenvalue weighted by Gasteiger charge is -2.40. The summed E-state index contributed by atoms with van der Waals surface area (Å²) in [6.45, 7) is 10.5. The van der Waals surface area contributed by atoms with Gasteiger partial charge in [-0.15, -0.1) is 0 Å². The molecule has 1 amide bonds. The summed E-state index contributed by atoms with van der Waals surface area (Å²) in [7, 11) is 0.511. The van der Waals surface area contributed by atoms with Crippen LogP contribution in [0.4, 0.5) is 0 Å². The number of amides is 1. The second-order valence-electron chi connectivity index (χ2n) is 8.28. The Balaban J connectivity index is 5.24. The normalized spacial score (nSPS) is 16.1. The van der Waals surface area contributed by atoms with Gasteiger partial charge >= 0.3 is 0 Å². The number of nitrogens with two attached hydrogens (primary N) is 2. The van der Waals surface area contributed by atoms with E-state index in [2.05, 4.69) is 49.0 Å². The molecule has 0 aliphatic carbocycles. The van der Waals surface area contributed by atoms with E-state index in [0.29, 0.717) is 7.41 Å². The molecular weight excluding hydrogens is 566 g/mol. The molecule has 5 N–H and O–H groups in total. The molecule has 0 saturated carbocycles. The average Bonchev–Trinajstić information content (AvgIpc) is 2.58. The molecule has 6 nitrogen and oxygen atoms in total. The van der Waals surface area contributed by atoms with Gasteiger partial charge in [0.15, 0.2) is 0 Å². The number of rotatable bonds is 15. The van der Waals surface area contributed by atoms with Crippen molar-refractivity contribution in [3.63, 3.8) is 0 Å². The Labute approximate surface area is 196 Å². The summed E-state index contributed by atoms with van der Waals surface area (Å²) in [5, 5.41) is 2.77. The molecule has 0 spiro atoms. The molecule has 0 aromatic rings. The Hall–Kier alpha value is 0.900. The van der Waals surface area contributed by atoms with Crippen LogP contribution in [-0.2, 0) is 4.79 Å². The summed E-state index contributed by atoms with van der Waals surface area (Å²) in [5.41, 5.74) is -0.349. The number of nitrogens with one attached hydrogen (secondary N) is 1. The average molecular weight is 605 g/mol. The van der Waals surface area contributed by atoms with Gasteiger partial charge in [-0.25, -0.2) is 6.27 Å². The molecule has 0 radical (unpaired) electrons. The lowest BCUT2D eigenvalue weighted by Crippen LogP contribution is -2.69. The van der Waals surface area contributed by atoms with Gasteiger partial charge < -0.3 is 5.32 Å². The maximum atomic E-state index is 13.4. The van der Waals surface area contributed by atoms with Crippen molar-refractivity contribution < 1.29 is 4.79 Å². The van der Waals surface area contributed by atoms with Gasteiger partial charge in [0.2, 0.25) is 5.91 Å². The highest BCUT2D eigenvalue weighted by Gasteiger charge is 2.44. The number of carbonyl (C=O) groups is 1. The van der Waals surface area contributed by atoms with Gasteiger partial charge in [-0.3, -0.25) is 16.5 Å². The molecule has 2 atom stereocenters. The van der Waals surface area contributed by atoms with Crippen molar-refractivity contribution in [2.75, 3.05) is 0 Å². The summed E-state index contributed by atoms with van der Waals surface area (Å²) < 4.78 is 3.20. The monoisotopic (exact) mass is 605 g/mol. The highest BCUT2D eigenvalue weighted by Crippen LogP contribution is 2.32. The topological polar surface area (TPSA) is 87.6 Å². The van der Waals surface area contributed by atoms with Gasteiger partial charge in [-0.05, 0) is 12.8 Å². The molecule has 0 rings (SSSR count). The first-order chi connectivity index (χ1) is 12.5. The number of hydrazine groups is 2. The molecule has 0 aromatic carbocycles. The van der Waals surface area contributed by atoms with Gasteiger partial charge in [-0.1, -0.05) is 79.5 Å². The van der Waals surface area contributed by atoms with Crippen molar-refractivity contribution in [1.29, 1.82) is 0 Å². The third kappa shape index (κ3) is 10.5. The maximum absolute atomic E-state index is 13.4. The minimum atomic E-state index is -0.543. The molecule has 10 heteroatoms. The van der Waals surface area contributed by atoms with E-state index in [1.807, 2.05) is 36.6 Å². The second-order valence-corrected chi connectivity index (χ2v) is 10.6. The first kappa shape index (κ1) is 27.9. The van der Waals surface area contributed by atoms with Crippen LogP contribution in [0.5, 0.6) is 0 Å². The fourth-order valence-electron chi connectivity index (χ4n) is 3.31. The van der Waals surface area contributed by atoms with Gasteiger partial charge in [-0.2, -0.15) is 0 Å². The molecule has 0 aliphatic rings. The summed E-state index contributed by atoms with van der Waals surface area (Å²) in [6, 6.07) is 0. The Kier molecular flexibility index (Phi) is 14.5. The zero-order valence-electron chi connectivity index (χ0n) is 17.9. The van der Waals surface area contributed by atoms with Crippen LogP contribution in [0.15, 0.2) is 0 Å². The van der Waals surface area contributed by atoms with Crippen LogP contribution in [0.1, 0.15) is 85.5 Å². The zero-order chi connectivity index (χ0) is 21.1. The van der Waals surface area contributed by atoms with Crippen LogP contribution in [0.25, 0.3) is 0 Å². The Morgan fingerprint density at radius 3 is 2.04 bits per heavy atom. The van der Waals surface area contributed by atoms with Crippen LogP contribution in [0, 0.1) is 5.41 Å². The molecule has 0 fully saturated rings. The minimum absolute atomic E-state index is 0.0668. The number of carbonyl (C=O) groups excluding carboxylic acids is 1. The lowest BCUT2D eigenvalue weighted by molar-refractivity contribution is -0.131. The van der Waals surface area contributed by atoms with Crippen molar-refractivity contribution in [3.8, 4) is 0 Å². The van der Waals surface area contributed by atoms with E-state index in [-0.39, 0.29) is 18.2 Å². The van der Waals surface area contributed by atoms with Crippen molar-refractivity contribution in [2.45, 2.75) is 97.6 Å². The van der Waals surface area contributed by atoms with E-state index >= 15 is 0 Å². The van der Waals surface area contributed by atoms with Crippen LogP contribution < -0.4 is 17.0 Å². The Bertz CT molecular complexity index is 434. The molecular formula is C17H39B2I2N5O. The van der Waals surface area contributed by atoms with Crippen LogP contribution in [0.3, 0.4) is 0 Å². The third-order valence-corrected chi connectivity index (χ3v) is 6.81.